The first-order valence-corrected chi connectivity index (χ1v) is 12.4. The number of hydrogen-bond donors (Lipinski definition) is 1. The van der Waals surface area contributed by atoms with Crippen LogP contribution in [0.4, 0.5) is 32.2 Å². The van der Waals surface area contributed by atoms with Gasteiger partial charge in [0.05, 0.1) is 36.1 Å². The summed E-state index contributed by atoms with van der Waals surface area (Å²) in [5.74, 6) is -1.10. The number of aryl methyl sites for hydroxylation is 1. The molecule has 0 saturated heterocycles. The molecule has 8 nitrogen and oxygen atoms in total. The van der Waals surface area contributed by atoms with Crippen molar-refractivity contribution in [2.24, 2.45) is 4.99 Å². The van der Waals surface area contributed by atoms with Crippen molar-refractivity contribution < 1.29 is 31.1 Å². The third-order valence-corrected chi connectivity index (χ3v) is 6.36. The smallest absolute Gasteiger partial charge is 0.336 e. The van der Waals surface area contributed by atoms with Crippen molar-refractivity contribution in [2.45, 2.75) is 58.9 Å². The topological polar surface area (TPSA) is 80.3 Å². The number of carbonyl (C=O) groups excluding carboxylic acids is 1. The molecular weight excluding hydrogens is 540 g/mol. The maximum atomic E-state index is 15.1. The van der Waals surface area contributed by atoms with Crippen LogP contribution in [0.1, 0.15) is 56.3 Å². The van der Waals surface area contributed by atoms with Gasteiger partial charge in [0.1, 0.15) is 28.9 Å². The quantitative estimate of drug-likeness (QED) is 0.223. The van der Waals surface area contributed by atoms with E-state index in [0.717, 1.165) is 18.3 Å². The molecule has 1 aromatic carbocycles. The van der Waals surface area contributed by atoms with Gasteiger partial charge < -0.3 is 5.32 Å². The van der Waals surface area contributed by atoms with Gasteiger partial charge in [-0.05, 0) is 38.5 Å². The fourth-order valence-electron chi connectivity index (χ4n) is 4.44. The predicted molar refractivity (Wildman–Crippen MR) is 136 cm³/mol. The van der Waals surface area contributed by atoms with E-state index in [-0.39, 0.29) is 59.8 Å². The van der Waals surface area contributed by atoms with Gasteiger partial charge in [-0.15, -0.1) is 0 Å². The number of halogens is 6. The van der Waals surface area contributed by atoms with E-state index in [2.05, 4.69) is 20.5 Å². The lowest BCUT2D eigenvalue weighted by Crippen LogP contribution is -2.37. The Morgan fingerprint density at radius 3 is 2.52 bits per heavy atom. The number of nitrogens with one attached hydrogen (secondary N) is 1. The third kappa shape index (κ3) is 5.61. The first-order valence-electron chi connectivity index (χ1n) is 12.4. The van der Waals surface area contributed by atoms with E-state index in [1.54, 1.807) is 13.8 Å². The van der Waals surface area contributed by atoms with Crippen LogP contribution in [0.3, 0.4) is 0 Å². The summed E-state index contributed by atoms with van der Waals surface area (Å²) < 4.78 is 85.0. The van der Waals surface area contributed by atoms with Gasteiger partial charge in [-0.25, -0.2) is 17.9 Å². The molecule has 1 N–H and O–H groups in total. The first-order chi connectivity index (χ1) is 18.8. The zero-order chi connectivity index (χ0) is 29.4. The fraction of sp³-hybridized carbons (Fsp3) is 0.385. The number of fused-ring (bicyclic) bond motifs is 1. The Bertz CT molecular complexity index is 1440. The standard InChI is InChI=1S/C26H27F6N7O/c1-5-20(26(30,31)32)35-25(33-4)16-7-6-15(10-18(16)27)13-37-21-11-19(36-38(21)9-8-22(37)40)23-17(24(28)29)12-34-39(23)14(2)3/h5-7,10-12,14,24H,8-9,13H2,1-4H3,(H,33,35)/b20-5-. The van der Waals surface area contributed by atoms with Crippen LogP contribution in [0, 0.1) is 5.82 Å². The van der Waals surface area contributed by atoms with Crippen LogP contribution in [0.2, 0.25) is 0 Å². The average Bonchev–Trinajstić information content (AvgIpc) is 3.51. The number of allylic oxidation sites excluding steroid dienone is 2. The minimum absolute atomic E-state index is 0.0823. The number of amidine groups is 1. The van der Waals surface area contributed by atoms with Gasteiger partial charge in [-0.2, -0.15) is 23.4 Å². The summed E-state index contributed by atoms with van der Waals surface area (Å²) in [6, 6.07) is 5.14. The molecule has 1 aliphatic heterocycles. The molecule has 1 aliphatic rings. The molecule has 0 aliphatic carbocycles. The zero-order valence-electron chi connectivity index (χ0n) is 22.1. The van der Waals surface area contributed by atoms with Gasteiger partial charge in [0.25, 0.3) is 6.43 Å². The van der Waals surface area contributed by atoms with E-state index < -0.39 is 24.1 Å². The highest BCUT2D eigenvalue weighted by Crippen LogP contribution is 2.35. The van der Waals surface area contributed by atoms with Crippen molar-refractivity contribution in [3.63, 3.8) is 0 Å². The average molecular weight is 568 g/mol. The van der Waals surface area contributed by atoms with E-state index in [1.165, 1.54) is 46.4 Å². The lowest BCUT2D eigenvalue weighted by Gasteiger charge is -2.27. The SMILES string of the molecule is C/C=C(\NC(=NC)c1ccc(CN2C(=O)CCn3nc(-c4c(C(F)F)cnn4C(C)C)cc32)cc1F)C(F)(F)F. The number of amides is 1. The summed E-state index contributed by atoms with van der Waals surface area (Å²) in [6.07, 6.45) is -5.47. The van der Waals surface area contributed by atoms with E-state index in [9.17, 15) is 26.7 Å². The van der Waals surface area contributed by atoms with E-state index >= 15 is 4.39 Å². The Morgan fingerprint density at radius 2 is 1.95 bits per heavy atom. The first kappa shape index (κ1) is 28.9. The molecule has 4 rings (SSSR count). The van der Waals surface area contributed by atoms with E-state index in [4.69, 9.17) is 0 Å². The molecule has 0 atom stereocenters. The highest BCUT2D eigenvalue weighted by atomic mass is 19.4. The number of alkyl halides is 5. The van der Waals surface area contributed by atoms with Crippen LogP contribution in [-0.2, 0) is 17.9 Å². The van der Waals surface area contributed by atoms with Crippen LogP contribution < -0.4 is 10.2 Å². The lowest BCUT2D eigenvalue weighted by molar-refractivity contribution is -0.119. The largest absolute Gasteiger partial charge is 0.430 e. The van der Waals surface area contributed by atoms with Crippen molar-refractivity contribution in [2.75, 3.05) is 11.9 Å². The van der Waals surface area contributed by atoms with Crippen molar-refractivity contribution in [1.29, 1.82) is 0 Å². The summed E-state index contributed by atoms with van der Waals surface area (Å²) in [7, 11) is 1.23. The second kappa shape index (κ2) is 11.2. The molecule has 0 bridgehead atoms. The molecule has 1 amide bonds. The number of hydrogen-bond acceptors (Lipinski definition) is 4. The van der Waals surface area contributed by atoms with Gasteiger partial charge in [-0.3, -0.25) is 19.4 Å². The van der Waals surface area contributed by atoms with Crippen molar-refractivity contribution in [1.82, 2.24) is 24.9 Å². The Hall–Kier alpha value is -4.10. The summed E-state index contributed by atoms with van der Waals surface area (Å²) in [4.78, 5) is 18.0. The van der Waals surface area contributed by atoms with Crippen molar-refractivity contribution in [3.8, 4) is 11.4 Å². The van der Waals surface area contributed by atoms with Crippen LogP contribution in [0.15, 0.2) is 47.2 Å². The molecule has 3 aromatic rings. The minimum Gasteiger partial charge on any atom is -0.336 e. The molecule has 3 heterocycles. The molecule has 0 spiro atoms. The Kier molecular flexibility index (Phi) is 8.08. The summed E-state index contributed by atoms with van der Waals surface area (Å²) in [6.45, 7) is 4.93. The number of rotatable bonds is 7. The summed E-state index contributed by atoms with van der Waals surface area (Å²) in [5, 5.41) is 10.7. The molecule has 2 aromatic heterocycles. The molecule has 0 saturated carbocycles. The predicted octanol–water partition coefficient (Wildman–Crippen LogP) is 5.77. The van der Waals surface area contributed by atoms with Gasteiger partial charge in [0.15, 0.2) is 0 Å². The summed E-state index contributed by atoms with van der Waals surface area (Å²) >= 11 is 0. The maximum Gasteiger partial charge on any atom is 0.430 e. The molecule has 14 heteroatoms. The second-order valence-electron chi connectivity index (χ2n) is 9.34. The van der Waals surface area contributed by atoms with Gasteiger partial charge >= 0.3 is 6.18 Å². The van der Waals surface area contributed by atoms with E-state index in [1.807, 2.05) is 0 Å². The van der Waals surface area contributed by atoms with Crippen LogP contribution in [0.5, 0.6) is 0 Å². The number of aliphatic imine (C=N–C) groups is 1. The molecule has 40 heavy (non-hydrogen) atoms. The van der Waals surface area contributed by atoms with E-state index in [0.29, 0.717) is 11.4 Å². The number of benzene rings is 1. The number of anilines is 1. The van der Waals surface area contributed by atoms with Crippen LogP contribution >= 0.6 is 0 Å². The summed E-state index contributed by atoms with van der Waals surface area (Å²) in [5.41, 5.74) is -0.843. The Balaban J connectivity index is 1.64. The molecule has 0 fully saturated rings. The fourth-order valence-corrected chi connectivity index (χ4v) is 4.44. The maximum absolute atomic E-state index is 15.1. The molecule has 0 radical (unpaired) electrons. The minimum atomic E-state index is -4.68. The lowest BCUT2D eigenvalue weighted by atomic mass is 10.1. The van der Waals surface area contributed by atoms with Crippen molar-refractivity contribution in [3.05, 3.63) is 64.7 Å². The highest BCUT2D eigenvalue weighted by Gasteiger charge is 2.34. The number of nitrogens with zero attached hydrogens (tertiary/aromatic N) is 6. The molecule has 0 unspecified atom stereocenters. The molecular formula is C26H27F6N7O. The monoisotopic (exact) mass is 567 g/mol. The Labute approximate surface area is 226 Å². The zero-order valence-corrected chi connectivity index (χ0v) is 22.1. The number of carbonyl (C=O) groups is 1. The van der Waals surface area contributed by atoms with Crippen molar-refractivity contribution >= 4 is 17.6 Å². The van der Waals surface area contributed by atoms with Gasteiger partial charge in [0, 0.05) is 25.6 Å². The second-order valence-corrected chi connectivity index (χ2v) is 9.34. The highest BCUT2D eigenvalue weighted by molar-refractivity contribution is 6.00. The van der Waals surface area contributed by atoms with Crippen LogP contribution in [0.25, 0.3) is 11.4 Å². The third-order valence-electron chi connectivity index (χ3n) is 6.36. The normalized spacial score (nSPS) is 14.9. The van der Waals surface area contributed by atoms with Crippen LogP contribution in [-0.4, -0.2) is 44.5 Å². The van der Waals surface area contributed by atoms with Gasteiger partial charge in [0.2, 0.25) is 5.91 Å². The Morgan fingerprint density at radius 1 is 1.23 bits per heavy atom. The number of aromatic nitrogens is 4. The van der Waals surface area contributed by atoms with Gasteiger partial charge in [-0.1, -0.05) is 12.1 Å². The molecule has 214 valence electrons.